The summed E-state index contributed by atoms with van der Waals surface area (Å²) in [4.78, 5) is 16.6. The van der Waals surface area contributed by atoms with Crippen molar-refractivity contribution in [2.24, 2.45) is 0 Å². The molecule has 0 saturated carbocycles. The molecule has 0 fully saturated rings. The van der Waals surface area contributed by atoms with Crippen LogP contribution >= 0.6 is 15.9 Å². The van der Waals surface area contributed by atoms with Crippen LogP contribution in [0.15, 0.2) is 46.1 Å². The summed E-state index contributed by atoms with van der Waals surface area (Å²) < 4.78 is 3.99. The lowest BCUT2D eigenvalue weighted by atomic mass is 10.3. The number of hydrogen-bond acceptors (Lipinski definition) is 4. The highest BCUT2D eigenvalue weighted by Gasteiger charge is 2.12. The first-order valence-corrected chi connectivity index (χ1v) is 6.59. The van der Waals surface area contributed by atoms with Crippen molar-refractivity contribution in [1.82, 2.24) is 29.4 Å². The molecule has 0 amide bonds. The molecular formula is C12H7BrN6O. The lowest BCUT2D eigenvalue weighted by Crippen LogP contribution is -2.15. The quantitative estimate of drug-likeness (QED) is 0.573. The fourth-order valence-electron chi connectivity index (χ4n) is 2.07. The first-order valence-electron chi connectivity index (χ1n) is 5.79. The molecule has 0 aliphatic rings. The molecule has 0 saturated heterocycles. The molecule has 3 heterocycles. The zero-order chi connectivity index (χ0) is 13.7. The summed E-state index contributed by atoms with van der Waals surface area (Å²) in [6.45, 7) is 0. The van der Waals surface area contributed by atoms with Crippen molar-refractivity contribution in [1.29, 1.82) is 0 Å². The molecule has 4 rings (SSSR count). The van der Waals surface area contributed by atoms with E-state index in [1.165, 1.54) is 10.7 Å². The number of rotatable bonds is 1. The molecule has 0 aliphatic carbocycles. The van der Waals surface area contributed by atoms with E-state index in [2.05, 4.69) is 36.2 Å². The summed E-state index contributed by atoms with van der Waals surface area (Å²) in [7, 11) is 0. The van der Waals surface area contributed by atoms with Gasteiger partial charge in [0.1, 0.15) is 11.7 Å². The average Bonchev–Trinajstić information content (AvgIpc) is 3.07. The standard InChI is InChI=1S/C12H7BrN6O/c13-7-1-3-8(4-2-7)18-6-15-19-11(20)9-5-14-17-10(9)16-12(18)19/h1-6H,(H,14,17). The van der Waals surface area contributed by atoms with Crippen LogP contribution in [0.2, 0.25) is 0 Å². The Morgan fingerprint density at radius 3 is 2.80 bits per heavy atom. The first-order chi connectivity index (χ1) is 9.74. The Hall–Kier alpha value is -2.48. The van der Waals surface area contributed by atoms with Crippen molar-refractivity contribution in [2.75, 3.05) is 0 Å². The summed E-state index contributed by atoms with van der Waals surface area (Å²) in [6, 6.07) is 7.65. The average molecular weight is 331 g/mol. The van der Waals surface area contributed by atoms with Crippen LogP contribution in [0.5, 0.6) is 0 Å². The summed E-state index contributed by atoms with van der Waals surface area (Å²) in [5.74, 6) is 0.439. The Morgan fingerprint density at radius 2 is 2.00 bits per heavy atom. The van der Waals surface area contributed by atoms with Gasteiger partial charge in [-0.25, -0.2) is 0 Å². The van der Waals surface area contributed by atoms with Gasteiger partial charge in [-0.2, -0.15) is 19.7 Å². The molecule has 0 spiro atoms. The van der Waals surface area contributed by atoms with Gasteiger partial charge in [0.2, 0.25) is 5.78 Å². The van der Waals surface area contributed by atoms with E-state index in [9.17, 15) is 4.79 Å². The number of aromatic nitrogens is 6. The summed E-state index contributed by atoms with van der Waals surface area (Å²) in [5, 5.41) is 11.1. The Kier molecular flexibility index (Phi) is 2.27. The lowest BCUT2D eigenvalue weighted by molar-refractivity contribution is 0.913. The Morgan fingerprint density at radius 1 is 1.20 bits per heavy atom. The van der Waals surface area contributed by atoms with E-state index in [0.29, 0.717) is 16.8 Å². The van der Waals surface area contributed by atoms with E-state index in [4.69, 9.17) is 0 Å². The first kappa shape index (κ1) is 11.4. The summed E-state index contributed by atoms with van der Waals surface area (Å²) in [6.07, 6.45) is 3.02. The maximum Gasteiger partial charge on any atom is 0.286 e. The van der Waals surface area contributed by atoms with Gasteiger partial charge in [0.05, 0.1) is 11.9 Å². The van der Waals surface area contributed by atoms with Crippen LogP contribution in [0.4, 0.5) is 0 Å². The third kappa shape index (κ3) is 1.51. The second kappa shape index (κ2) is 4.01. The van der Waals surface area contributed by atoms with Crippen LogP contribution in [0.25, 0.3) is 22.5 Å². The van der Waals surface area contributed by atoms with Crippen LogP contribution in [-0.4, -0.2) is 29.4 Å². The minimum atomic E-state index is -0.241. The topological polar surface area (TPSA) is 80.9 Å². The van der Waals surface area contributed by atoms with Gasteiger partial charge in [0.15, 0.2) is 5.65 Å². The highest BCUT2D eigenvalue weighted by Crippen LogP contribution is 2.16. The summed E-state index contributed by atoms with van der Waals surface area (Å²) in [5.41, 5.74) is 1.08. The molecule has 4 aromatic rings. The zero-order valence-electron chi connectivity index (χ0n) is 9.99. The van der Waals surface area contributed by atoms with Gasteiger partial charge in [0, 0.05) is 4.47 Å². The van der Waals surface area contributed by atoms with E-state index in [1.54, 1.807) is 10.9 Å². The van der Waals surface area contributed by atoms with E-state index in [0.717, 1.165) is 10.2 Å². The maximum absolute atomic E-state index is 12.2. The molecule has 3 aromatic heterocycles. The van der Waals surface area contributed by atoms with E-state index in [1.807, 2.05) is 24.3 Å². The molecule has 0 bridgehead atoms. The van der Waals surface area contributed by atoms with Crippen LogP contribution in [0, 0.1) is 0 Å². The van der Waals surface area contributed by atoms with Crippen LogP contribution in [0.3, 0.4) is 0 Å². The second-order valence-electron chi connectivity index (χ2n) is 4.24. The predicted molar refractivity (Wildman–Crippen MR) is 75.9 cm³/mol. The number of fused-ring (bicyclic) bond motifs is 2. The number of halogens is 1. The molecular weight excluding hydrogens is 324 g/mol. The minimum Gasteiger partial charge on any atom is -0.267 e. The van der Waals surface area contributed by atoms with Gasteiger partial charge in [-0.05, 0) is 24.3 Å². The Labute approximate surface area is 120 Å². The van der Waals surface area contributed by atoms with E-state index < -0.39 is 0 Å². The predicted octanol–water partition coefficient (Wildman–Crippen LogP) is 1.52. The van der Waals surface area contributed by atoms with Crippen molar-refractivity contribution < 1.29 is 0 Å². The van der Waals surface area contributed by atoms with E-state index in [-0.39, 0.29) is 5.56 Å². The third-order valence-corrected chi connectivity index (χ3v) is 3.57. The number of nitrogens with zero attached hydrogens (tertiary/aromatic N) is 5. The molecule has 0 aliphatic heterocycles. The second-order valence-corrected chi connectivity index (χ2v) is 5.15. The Bertz CT molecular complexity index is 981. The Balaban J connectivity index is 2.08. The van der Waals surface area contributed by atoms with Crippen LogP contribution < -0.4 is 5.56 Å². The molecule has 7 nitrogen and oxygen atoms in total. The van der Waals surface area contributed by atoms with Crippen molar-refractivity contribution in [3.8, 4) is 5.69 Å². The third-order valence-electron chi connectivity index (χ3n) is 3.05. The monoisotopic (exact) mass is 330 g/mol. The number of H-pyrrole nitrogens is 1. The highest BCUT2D eigenvalue weighted by molar-refractivity contribution is 9.10. The van der Waals surface area contributed by atoms with Crippen LogP contribution in [-0.2, 0) is 0 Å². The highest BCUT2D eigenvalue weighted by atomic mass is 79.9. The normalized spacial score (nSPS) is 11.4. The fraction of sp³-hybridized carbons (Fsp3) is 0. The van der Waals surface area contributed by atoms with Crippen molar-refractivity contribution >= 4 is 32.7 Å². The van der Waals surface area contributed by atoms with Gasteiger partial charge in [-0.15, -0.1) is 0 Å². The molecule has 1 N–H and O–H groups in total. The molecule has 0 unspecified atom stereocenters. The molecule has 1 aromatic carbocycles. The molecule has 98 valence electrons. The lowest BCUT2D eigenvalue weighted by Gasteiger charge is -2.02. The largest absolute Gasteiger partial charge is 0.286 e. The minimum absolute atomic E-state index is 0.241. The van der Waals surface area contributed by atoms with Crippen molar-refractivity contribution in [3.05, 3.63) is 51.6 Å². The van der Waals surface area contributed by atoms with Gasteiger partial charge in [-0.1, -0.05) is 15.9 Å². The van der Waals surface area contributed by atoms with Crippen LogP contribution in [0.1, 0.15) is 0 Å². The zero-order valence-corrected chi connectivity index (χ0v) is 11.6. The smallest absolute Gasteiger partial charge is 0.267 e. The SMILES string of the molecule is O=c1c2cn[nH]c2nc2n(-c3ccc(Br)cc3)cnn12. The molecule has 8 heteroatoms. The van der Waals surface area contributed by atoms with Gasteiger partial charge >= 0.3 is 0 Å². The fourth-order valence-corrected chi connectivity index (χ4v) is 2.34. The van der Waals surface area contributed by atoms with Gasteiger partial charge in [-0.3, -0.25) is 14.5 Å². The van der Waals surface area contributed by atoms with Crippen molar-refractivity contribution in [3.63, 3.8) is 0 Å². The maximum atomic E-state index is 12.2. The van der Waals surface area contributed by atoms with Gasteiger partial charge < -0.3 is 0 Å². The summed E-state index contributed by atoms with van der Waals surface area (Å²) >= 11 is 3.39. The number of aromatic amines is 1. The number of nitrogens with one attached hydrogen (secondary N) is 1. The molecule has 0 radical (unpaired) electrons. The van der Waals surface area contributed by atoms with E-state index >= 15 is 0 Å². The number of benzene rings is 1. The molecule has 20 heavy (non-hydrogen) atoms. The molecule has 0 atom stereocenters. The van der Waals surface area contributed by atoms with Crippen molar-refractivity contribution in [2.45, 2.75) is 0 Å². The van der Waals surface area contributed by atoms with Gasteiger partial charge in [0.25, 0.3) is 5.56 Å². The number of hydrogen-bond donors (Lipinski definition) is 1.